The van der Waals surface area contributed by atoms with E-state index in [1.54, 1.807) is 36.5 Å². The molecule has 2 aromatic heterocycles. The topological polar surface area (TPSA) is 139 Å². The predicted molar refractivity (Wildman–Crippen MR) is 143 cm³/mol. The number of nitriles is 1. The van der Waals surface area contributed by atoms with Gasteiger partial charge in [-0.2, -0.15) is 10.4 Å². The summed E-state index contributed by atoms with van der Waals surface area (Å²) in [6.45, 7) is 0.193. The van der Waals surface area contributed by atoms with Crippen LogP contribution in [0.5, 0.6) is 0 Å². The molecule has 0 aliphatic carbocycles. The van der Waals surface area contributed by atoms with E-state index in [0.717, 1.165) is 10.9 Å². The summed E-state index contributed by atoms with van der Waals surface area (Å²) in [5, 5.41) is 22.8. The Morgan fingerprint density at radius 1 is 1.05 bits per heavy atom. The van der Waals surface area contributed by atoms with E-state index in [9.17, 15) is 9.59 Å². The number of hydrogen-bond donors (Lipinski definition) is 4. The van der Waals surface area contributed by atoms with Gasteiger partial charge in [0.25, 0.3) is 5.56 Å². The Kier molecular flexibility index (Phi) is 6.66. The van der Waals surface area contributed by atoms with Gasteiger partial charge in [0, 0.05) is 35.2 Å². The van der Waals surface area contributed by atoms with Gasteiger partial charge in [-0.25, -0.2) is 4.98 Å². The van der Waals surface area contributed by atoms with E-state index in [1.807, 2.05) is 42.5 Å². The van der Waals surface area contributed by atoms with Crippen LogP contribution < -0.4 is 16.2 Å². The number of anilines is 2. The second-order valence-corrected chi connectivity index (χ2v) is 8.62. The summed E-state index contributed by atoms with van der Waals surface area (Å²) in [6.07, 6.45) is 1.77. The molecule has 0 spiro atoms. The number of carbonyl (C=O) groups excluding carboxylic acids is 1. The van der Waals surface area contributed by atoms with Crippen molar-refractivity contribution in [3.8, 4) is 28.6 Å². The average Bonchev–Trinajstić information content (AvgIpc) is 3.40. The Morgan fingerprint density at radius 3 is 2.59 bits per heavy atom. The first-order valence-electron chi connectivity index (χ1n) is 11.4. The lowest BCUT2D eigenvalue weighted by Gasteiger charge is -2.13. The number of fused-ring (bicyclic) bond motifs is 1. The molecule has 0 bridgehead atoms. The molecule has 3 aromatic carbocycles. The maximum absolute atomic E-state index is 13.0. The summed E-state index contributed by atoms with van der Waals surface area (Å²) in [7, 11) is 0. The van der Waals surface area contributed by atoms with Crippen LogP contribution in [0.2, 0.25) is 5.02 Å². The predicted octanol–water partition coefficient (Wildman–Crippen LogP) is 4.95. The molecule has 4 N–H and O–H groups in total. The lowest BCUT2D eigenvalue weighted by atomic mass is 10.0. The van der Waals surface area contributed by atoms with Gasteiger partial charge in [0.05, 0.1) is 39.8 Å². The average molecular weight is 510 g/mol. The molecular weight excluding hydrogens is 490 g/mol. The first-order valence-corrected chi connectivity index (χ1v) is 11.8. The molecule has 2 heterocycles. The number of halogens is 1. The van der Waals surface area contributed by atoms with Crippen LogP contribution in [0.3, 0.4) is 0 Å². The number of benzene rings is 3. The highest BCUT2D eigenvalue weighted by Gasteiger charge is 2.16. The van der Waals surface area contributed by atoms with Crippen molar-refractivity contribution < 1.29 is 4.79 Å². The van der Waals surface area contributed by atoms with Crippen LogP contribution in [0.25, 0.3) is 33.4 Å². The Morgan fingerprint density at radius 2 is 1.84 bits per heavy atom. The van der Waals surface area contributed by atoms with Crippen molar-refractivity contribution in [3.05, 3.63) is 93.9 Å². The fourth-order valence-electron chi connectivity index (χ4n) is 3.89. The van der Waals surface area contributed by atoms with E-state index in [2.05, 4.69) is 30.8 Å². The van der Waals surface area contributed by atoms with Gasteiger partial charge in [-0.1, -0.05) is 41.9 Å². The van der Waals surface area contributed by atoms with Gasteiger partial charge >= 0.3 is 0 Å². The number of aromatic amines is 2. The van der Waals surface area contributed by atoms with Gasteiger partial charge in [-0.15, -0.1) is 0 Å². The normalized spacial score (nSPS) is 10.7. The zero-order chi connectivity index (χ0) is 25.8. The van der Waals surface area contributed by atoms with Crippen LogP contribution >= 0.6 is 11.6 Å². The summed E-state index contributed by atoms with van der Waals surface area (Å²) in [5.74, 6) is -0.138. The van der Waals surface area contributed by atoms with Crippen molar-refractivity contribution in [3.63, 3.8) is 0 Å². The molecule has 5 rings (SSSR count). The van der Waals surface area contributed by atoms with Crippen molar-refractivity contribution >= 4 is 39.9 Å². The Balaban J connectivity index is 1.39. The highest BCUT2D eigenvalue weighted by Crippen LogP contribution is 2.33. The number of nitrogens with one attached hydrogen (secondary N) is 4. The van der Waals surface area contributed by atoms with Gasteiger partial charge in [0.15, 0.2) is 5.82 Å². The Labute approximate surface area is 216 Å². The first kappa shape index (κ1) is 23.8. The van der Waals surface area contributed by atoms with Gasteiger partial charge in [-0.05, 0) is 36.4 Å². The van der Waals surface area contributed by atoms with Gasteiger partial charge in [-0.3, -0.25) is 14.7 Å². The minimum Gasteiger partial charge on any atom is -0.365 e. The SMILES string of the molecule is N#Cc1ccc(NC(=O)CCNc2nc(-c3ccccc3)c(-c3cc(Cl)c4[nH]ncc4c3)[nH]c2=O)cc1. The van der Waals surface area contributed by atoms with Crippen LogP contribution in [0.15, 0.2) is 77.7 Å². The van der Waals surface area contributed by atoms with Crippen LogP contribution in [0.4, 0.5) is 11.5 Å². The lowest BCUT2D eigenvalue weighted by Crippen LogP contribution is -2.21. The molecule has 0 saturated heterocycles. The molecule has 9 nitrogen and oxygen atoms in total. The maximum Gasteiger partial charge on any atom is 0.291 e. The highest BCUT2D eigenvalue weighted by molar-refractivity contribution is 6.35. The third-order valence-electron chi connectivity index (χ3n) is 5.69. The summed E-state index contributed by atoms with van der Waals surface area (Å²) < 4.78 is 0. The molecule has 1 amide bonds. The molecule has 0 unspecified atom stereocenters. The molecule has 0 fully saturated rings. The minimum atomic E-state index is -0.425. The third-order valence-corrected chi connectivity index (χ3v) is 5.99. The number of amides is 1. The zero-order valence-corrected chi connectivity index (χ0v) is 20.1. The number of aromatic nitrogens is 4. The van der Waals surface area contributed by atoms with E-state index >= 15 is 0 Å². The standard InChI is InChI=1S/C27H20ClN7O2/c28-21-13-18(12-19-15-31-35-23(19)21)25-24(17-4-2-1-3-5-17)33-26(27(37)34-25)30-11-10-22(36)32-20-8-6-16(14-29)7-9-20/h1-9,12-13,15H,10-11H2,(H,30,33)(H,31,35)(H,32,36)(H,34,37). The van der Waals surface area contributed by atoms with Crippen LogP contribution in [0.1, 0.15) is 12.0 Å². The first-order chi connectivity index (χ1) is 18.0. The van der Waals surface area contributed by atoms with Crippen molar-refractivity contribution in [1.82, 2.24) is 20.2 Å². The van der Waals surface area contributed by atoms with E-state index in [1.165, 1.54) is 0 Å². The maximum atomic E-state index is 13.0. The highest BCUT2D eigenvalue weighted by atomic mass is 35.5. The molecule has 182 valence electrons. The zero-order valence-electron chi connectivity index (χ0n) is 19.4. The Hall–Kier alpha value is -4.94. The number of carbonyl (C=O) groups is 1. The number of rotatable bonds is 7. The molecule has 0 saturated carbocycles. The summed E-state index contributed by atoms with van der Waals surface area (Å²) in [4.78, 5) is 32.9. The van der Waals surface area contributed by atoms with Crippen molar-refractivity contribution in [2.45, 2.75) is 6.42 Å². The molecule has 37 heavy (non-hydrogen) atoms. The van der Waals surface area contributed by atoms with Gasteiger partial charge in [0.2, 0.25) is 5.91 Å². The monoisotopic (exact) mass is 509 g/mol. The van der Waals surface area contributed by atoms with Gasteiger partial charge in [0.1, 0.15) is 0 Å². The van der Waals surface area contributed by atoms with Gasteiger partial charge < -0.3 is 15.6 Å². The van der Waals surface area contributed by atoms with Crippen LogP contribution in [-0.4, -0.2) is 32.6 Å². The van der Waals surface area contributed by atoms with E-state index in [0.29, 0.717) is 38.7 Å². The molecule has 0 aliphatic rings. The number of H-pyrrole nitrogens is 2. The fourth-order valence-corrected chi connectivity index (χ4v) is 4.16. The molecule has 5 aromatic rings. The second kappa shape index (κ2) is 10.4. The largest absolute Gasteiger partial charge is 0.365 e. The smallest absolute Gasteiger partial charge is 0.291 e. The summed E-state index contributed by atoms with van der Waals surface area (Å²) in [5.41, 5.74) is 3.95. The van der Waals surface area contributed by atoms with Crippen molar-refractivity contribution in [2.75, 3.05) is 17.2 Å². The quantitative estimate of drug-likeness (QED) is 0.245. The fraction of sp³-hybridized carbons (Fsp3) is 0.0741. The summed E-state index contributed by atoms with van der Waals surface area (Å²) in [6, 6.07) is 21.7. The van der Waals surface area contributed by atoms with E-state index in [4.69, 9.17) is 16.9 Å². The van der Waals surface area contributed by atoms with Crippen molar-refractivity contribution in [2.24, 2.45) is 0 Å². The van der Waals surface area contributed by atoms with Crippen LogP contribution in [0, 0.1) is 11.3 Å². The number of hydrogen-bond acceptors (Lipinski definition) is 6. The van der Waals surface area contributed by atoms with E-state index in [-0.39, 0.29) is 24.7 Å². The minimum absolute atomic E-state index is 0.101. The van der Waals surface area contributed by atoms with E-state index < -0.39 is 5.56 Å². The third kappa shape index (κ3) is 5.19. The molecule has 0 radical (unpaired) electrons. The second-order valence-electron chi connectivity index (χ2n) is 8.21. The summed E-state index contributed by atoms with van der Waals surface area (Å²) >= 11 is 6.45. The number of nitrogens with zero attached hydrogens (tertiary/aromatic N) is 3. The van der Waals surface area contributed by atoms with Crippen LogP contribution in [-0.2, 0) is 4.79 Å². The molecular formula is C27H20ClN7O2. The Bertz CT molecular complexity index is 1690. The molecule has 0 aliphatic heterocycles. The van der Waals surface area contributed by atoms with Crippen molar-refractivity contribution in [1.29, 1.82) is 5.26 Å². The molecule has 0 atom stereocenters. The molecule has 10 heteroatoms. The lowest BCUT2D eigenvalue weighted by molar-refractivity contribution is -0.115.